The van der Waals surface area contributed by atoms with Gasteiger partial charge in [-0.3, -0.25) is 9.59 Å². The zero-order chi connectivity index (χ0) is 20.4. The minimum atomic E-state index is -1.15. The molecule has 144 valence electrons. The zero-order valence-electron chi connectivity index (χ0n) is 15.4. The average molecular weight is 386 g/mol. The molecular formula is C23H18N2O4. The Kier molecular flexibility index (Phi) is 4.83. The molecule has 0 saturated carbocycles. The number of hydrogen-bond donors (Lipinski definition) is 2. The molecule has 1 heterocycles. The van der Waals surface area contributed by atoms with Crippen LogP contribution in [0, 0.1) is 0 Å². The Morgan fingerprint density at radius 1 is 0.828 bits per heavy atom. The summed E-state index contributed by atoms with van der Waals surface area (Å²) in [6.07, 6.45) is 0. The fraction of sp³-hybridized carbons (Fsp3) is 0.0870. The van der Waals surface area contributed by atoms with Gasteiger partial charge in [-0.1, -0.05) is 54.6 Å². The maximum Gasteiger partial charge on any atom is 0.330 e. The van der Waals surface area contributed by atoms with Gasteiger partial charge < -0.3 is 15.0 Å². The van der Waals surface area contributed by atoms with E-state index in [4.69, 9.17) is 0 Å². The molecule has 6 heteroatoms. The van der Waals surface area contributed by atoms with E-state index < -0.39 is 17.9 Å². The molecule has 2 N–H and O–H groups in total. The van der Waals surface area contributed by atoms with Crippen LogP contribution in [0.5, 0.6) is 0 Å². The number of aromatic nitrogens is 1. The standard InChI is InChI=1S/C23H18N2O4/c26-20(24-21(23(28)29)15-8-2-1-3-9-15)14-25-18-12-6-4-10-16(18)22(27)17-11-5-7-13-19(17)25/h1-13,21H,14H2,(H,24,26)(H,28,29)/t21-/m1/s1. The Morgan fingerprint density at radius 2 is 1.34 bits per heavy atom. The van der Waals surface area contributed by atoms with Gasteiger partial charge in [-0.2, -0.15) is 0 Å². The summed E-state index contributed by atoms with van der Waals surface area (Å²) in [6.45, 7) is -0.113. The SMILES string of the molecule is O=C(Cn1c2ccccc2c(=O)c2ccccc21)N[C@@H](C(=O)O)c1ccccc1. The maximum atomic E-state index is 12.8. The van der Waals surface area contributed by atoms with Gasteiger partial charge >= 0.3 is 5.97 Å². The van der Waals surface area contributed by atoms with Crippen molar-refractivity contribution >= 4 is 33.7 Å². The van der Waals surface area contributed by atoms with E-state index in [1.165, 1.54) is 0 Å². The summed E-state index contributed by atoms with van der Waals surface area (Å²) in [7, 11) is 0. The quantitative estimate of drug-likeness (QED) is 0.516. The predicted octanol–water partition coefficient (Wildman–Crippen LogP) is 3.10. The number of hydrogen-bond acceptors (Lipinski definition) is 3. The number of carboxylic acid groups (broad SMARTS) is 1. The first kappa shape index (κ1) is 18.4. The third kappa shape index (κ3) is 3.48. The molecule has 0 fully saturated rings. The van der Waals surface area contributed by atoms with Crippen molar-refractivity contribution in [2.45, 2.75) is 12.6 Å². The van der Waals surface area contributed by atoms with Crippen LogP contribution in [0.3, 0.4) is 0 Å². The van der Waals surface area contributed by atoms with Gasteiger partial charge in [0.05, 0.1) is 11.0 Å². The second kappa shape index (κ2) is 7.59. The molecule has 0 unspecified atom stereocenters. The Labute approximate surface area is 166 Å². The summed E-state index contributed by atoms with van der Waals surface area (Å²) in [4.78, 5) is 37.3. The molecule has 1 amide bonds. The number of carbonyl (C=O) groups excluding carboxylic acids is 1. The van der Waals surface area contributed by atoms with Crippen molar-refractivity contribution in [3.05, 3.63) is 94.6 Å². The molecular weight excluding hydrogens is 368 g/mol. The van der Waals surface area contributed by atoms with Gasteiger partial charge in [-0.25, -0.2) is 4.79 Å². The van der Waals surface area contributed by atoms with Crippen LogP contribution >= 0.6 is 0 Å². The number of pyridine rings is 1. The van der Waals surface area contributed by atoms with Crippen LogP contribution in [0.4, 0.5) is 0 Å². The first-order valence-electron chi connectivity index (χ1n) is 9.13. The molecule has 0 aliphatic rings. The number of carbonyl (C=O) groups is 2. The van der Waals surface area contributed by atoms with Gasteiger partial charge in [0, 0.05) is 10.8 Å². The Morgan fingerprint density at radius 3 is 1.90 bits per heavy atom. The summed E-state index contributed by atoms with van der Waals surface area (Å²) in [5, 5.41) is 13.2. The van der Waals surface area contributed by atoms with Gasteiger partial charge in [0.25, 0.3) is 0 Å². The molecule has 0 bridgehead atoms. The second-order valence-corrected chi connectivity index (χ2v) is 6.70. The van der Waals surface area contributed by atoms with E-state index in [0.717, 1.165) is 0 Å². The van der Waals surface area contributed by atoms with Crippen molar-refractivity contribution in [3.8, 4) is 0 Å². The number of para-hydroxylation sites is 2. The van der Waals surface area contributed by atoms with Gasteiger partial charge in [0.2, 0.25) is 5.91 Å². The van der Waals surface area contributed by atoms with Crippen LogP contribution in [-0.2, 0) is 16.1 Å². The highest BCUT2D eigenvalue weighted by Gasteiger charge is 2.22. The highest BCUT2D eigenvalue weighted by Crippen LogP contribution is 2.19. The number of nitrogens with one attached hydrogen (secondary N) is 1. The number of benzene rings is 3. The second-order valence-electron chi connectivity index (χ2n) is 6.70. The van der Waals surface area contributed by atoms with Crippen molar-refractivity contribution in [2.24, 2.45) is 0 Å². The van der Waals surface area contributed by atoms with Crippen LogP contribution in [0.25, 0.3) is 21.8 Å². The van der Waals surface area contributed by atoms with Crippen LogP contribution in [0.15, 0.2) is 83.7 Å². The average Bonchev–Trinajstić information content (AvgIpc) is 2.75. The predicted molar refractivity (Wildman–Crippen MR) is 111 cm³/mol. The molecule has 3 aromatic carbocycles. The highest BCUT2D eigenvalue weighted by molar-refractivity contribution is 5.95. The molecule has 0 saturated heterocycles. The lowest BCUT2D eigenvalue weighted by Gasteiger charge is -2.18. The summed E-state index contributed by atoms with van der Waals surface area (Å²) < 4.78 is 1.74. The molecule has 0 radical (unpaired) electrons. The van der Waals surface area contributed by atoms with Crippen molar-refractivity contribution in [1.29, 1.82) is 0 Å². The first-order chi connectivity index (χ1) is 14.1. The number of amides is 1. The van der Waals surface area contributed by atoms with E-state index in [1.54, 1.807) is 83.4 Å². The molecule has 1 aromatic heterocycles. The summed E-state index contributed by atoms with van der Waals surface area (Å²) >= 11 is 0. The van der Waals surface area contributed by atoms with E-state index in [-0.39, 0.29) is 12.0 Å². The molecule has 4 aromatic rings. The molecule has 0 aliphatic carbocycles. The minimum absolute atomic E-state index is 0.0967. The molecule has 1 atom stereocenters. The van der Waals surface area contributed by atoms with E-state index in [0.29, 0.717) is 27.4 Å². The lowest BCUT2D eigenvalue weighted by atomic mass is 10.1. The maximum absolute atomic E-state index is 12.8. The molecule has 0 spiro atoms. The first-order valence-corrected chi connectivity index (χ1v) is 9.13. The molecule has 4 rings (SSSR count). The number of aliphatic carboxylic acids is 1. The van der Waals surface area contributed by atoms with E-state index >= 15 is 0 Å². The molecule has 0 aliphatic heterocycles. The van der Waals surface area contributed by atoms with Crippen LogP contribution in [0.2, 0.25) is 0 Å². The van der Waals surface area contributed by atoms with E-state index in [2.05, 4.69) is 5.32 Å². The normalized spacial score (nSPS) is 12.0. The van der Waals surface area contributed by atoms with E-state index in [1.807, 2.05) is 0 Å². The lowest BCUT2D eigenvalue weighted by Crippen LogP contribution is -2.36. The molecule has 29 heavy (non-hydrogen) atoms. The van der Waals surface area contributed by atoms with Crippen molar-refractivity contribution < 1.29 is 14.7 Å². The smallest absolute Gasteiger partial charge is 0.330 e. The number of nitrogens with zero attached hydrogens (tertiary/aromatic N) is 1. The fourth-order valence-corrected chi connectivity index (χ4v) is 3.53. The third-order valence-electron chi connectivity index (χ3n) is 4.87. The fourth-order valence-electron chi connectivity index (χ4n) is 3.53. The number of carboxylic acids is 1. The number of rotatable bonds is 5. The van der Waals surface area contributed by atoms with Gasteiger partial charge in [-0.15, -0.1) is 0 Å². The molecule has 6 nitrogen and oxygen atoms in total. The van der Waals surface area contributed by atoms with E-state index in [9.17, 15) is 19.5 Å². The zero-order valence-corrected chi connectivity index (χ0v) is 15.4. The van der Waals surface area contributed by atoms with Crippen molar-refractivity contribution in [2.75, 3.05) is 0 Å². The van der Waals surface area contributed by atoms with Crippen LogP contribution in [-0.4, -0.2) is 21.6 Å². The minimum Gasteiger partial charge on any atom is -0.479 e. The largest absolute Gasteiger partial charge is 0.479 e. The third-order valence-corrected chi connectivity index (χ3v) is 4.87. The monoisotopic (exact) mass is 386 g/mol. The van der Waals surface area contributed by atoms with Crippen molar-refractivity contribution in [3.63, 3.8) is 0 Å². The lowest BCUT2D eigenvalue weighted by molar-refractivity contribution is -0.142. The van der Waals surface area contributed by atoms with Crippen LogP contribution in [0.1, 0.15) is 11.6 Å². The highest BCUT2D eigenvalue weighted by atomic mass is 16.4. The summed E-state index contributed by atoms with van der Waals surface area (Å²) in [6, 6.07) is 21.5. The number of fused-ring (bicyclic) bond motifs is 2. The van der Waals surface area contributed by atoms with Gasteiger partial charge in [0.15, 0.2) is 11.5 Å². The summed E-state index contributed by atoms with van der Waals surface area (Å²) in [5.41, 5.74) is 1.64. The van der Waals surface area contributed by atoms with Crippen molar-refractivity contribution in [1.82, 2.24) is 9.88 Å². The summed E-state index contributed by atoms with van der Waals surface area (Å²) in [5.74, 6) is -1.60. The van der Waals surface area contributed by atoms with Gasteiger partial charge in [0.1, 0.15) is 6.54 Å². The topological polar surface area (TPSA) is 88.4 Å². The Balaban J connectivity index is 1.75. The Hall–Kier alpha value is -3.93. The Bertz CT molecular complexity index is 1220. The van der Waals surface area contributed by atoms with Crippen LogP contribution < -0.4 is 10.7 Å². The van der Waals surface area contributed by atoms with Gasteiger partial charge in [-0.05, 0) is 29.8 Å².